The molecule has 0 N–H and O–H groups in total. The number of hydrogen-bond acceptors (Lipinski definition) is 6. The molecule has 10 heteroatoms. The van der Waals surface area contributed by atoms with Gasteiger partial charge in [-0.05, 0) is 30.3 Å². The summed E-state index contributed by atoms with van der Waals surface area (Å²) in [5, 5.41) is 12.4. The molecule has 0 bridgehead atoms. The van der Waals surface area contributed by atoms with Crippen LogP contribution in [0.1, 0.15) is 0 Å². The molecule has 0 spiro atoms. The maximum absolute atomic E-state index is 13.4. The normalized spacial score (nSPS) is 15.6. The number of nitrogens with zero attached hydrogens (tertiary/aromatic N) is 4. The SMILES string of the molecule is O=[N+]([O-])c1ccc(N2CCN(S(=O)(=O)c3cccc(F)c3)CC2)c2ccncc12. The van der Waals surface area contributed by atoms with E-state index in [0.717, 1.165) is 11.8 Å². The van der Waals surface area contributed by atoms with E-state index in [-0.39, 0.29) is 23.7 Å². The summed E-state index contributed by atoms with van der Waals surface area (Å²) < 4.78 is 40.3. The molecule has 0 aliphatic carbocycles. The predicted octanol–water partition coefficient (Wildman–Crippen LogP) is 2.79. The van der Waals surface area contributed by atoms with Crippen molar-refractivity contribution >= 4 is 32.2 Å². The number of piperazine rings is 1. The van der Waals surface area contributed by atoms with Crippen LogP contribution in [0.2, 0.25) is 0 Å². The van der Waals surface area contributed by atoms with E-state index in [1.165, 1.54) is 34.8 Å². The van der Waals surface area contributed by atoms with Crippen molar-refractivity contribution in [1.29, 1.82) is 0 Å². The number of benzene rings is 2. The molecule has 1 aliphatic rings. The molecule has 0 amide bonds. The van der Waals surface area contributed by atoms with Crippen molar-refractivity contribution in [2.24, 2.45) is 0 Å². The Bertz CT molecular complexity index is 1190. The zero-order chi connectivity index (χ0) is 20.6. The molecule has 8 nitrogen and oxygen atoms in total. The Balaban J connectivity index is 1.59. The molecule has 4 rings (SSSR count). The molecule has 150 valence electrons. The number of halogens is 1. The van der Waals surface area contributed by atoms with Crippen LogP contribution in [0.15, 0.2) is 59.8 Å². The number of sulfonamides is 1. The fourth-order valence-electron chi connectivity index (χ4n) is 3.54. The first kappa shape index (κ1) is 19.2. The van der Waals surface area contributed by atoms with Crippen LogP contribution in [-0.4, -0.2) is 48.8 Å². The van der Waals surface area contributed by atoms with Gasteiger partial charge in [-0.2, -0.15) is 4.31 Å². The lowest BCUT2D eigenvalue weighted by atomic mass is 10.1. The molecular formula is C19H17FN4O4S. The number of fused-ring (bicyclic) bond motifs is 1. The van der Waals surface area contributed by atoms with Gasteiger partial charge < -0.3 is 4.90 Å². The van der Waals surface area contributed by atoms with Crippen molar-refractivity contribution in [2.45, 2.75) is 4.90 Å². The standard InChI is InChI=1S/C19H17FN4O4S/c20-14-2-1-3-15(12-14)29(27,28)23-10-8-22(9-11-23)18-4-5-19(24(25)26)17-13-21-7-6-16(17)18/h1-7,12-13H,8-11H2. The van der Waals surface area contributed by atoms with E-state index in [4.69, 9.17) is 0 Å². The average molecular weight is 416 g/mol. The van der Waals surface area contributed by atoms with E-state index >= 15 is 0 Å². The third kappa shape index (κ3) is 3.52. The molecule has 0 radical (unpaired) electrons. The highest BCUT2D eigenvalue weighted by Gasteiger charge is 2.29. The minimum atomic E-state index is -3.78. The number of pyridine rings is 1. The van der Waals surface area contributed by atoms with Crippen molar-refractivity contribution in [2.75, 3.05) is 31.1 Å². The Kier molecular flexibility index (Phi) is 4.89. The summed E-state index contributed by atoms with van der Waals surface area (Å²) in [6.07, 6.45) is 3.03. The van der Waals surface area contributed by atoms with Gasteiger partial charge in [0.15, 0.2) is 0 Å². The zero-order valence-corrected chi connectivity index (χ0v) is 16.0. The molecule has 0 atom stereocenters. The zero-order valence-electron chi connectivity index (χ0n) is 15.2. The molecule has 2 aromatic carbocycles. The lowest BCUT2D eigenvalue weighted by Gasteiger charge is -2.35. The van der Waals surface area contributed by atoms with E-state index < -0.39 is 20.8 Å². The van der Waals surface area contributed by atoms with Gasteiger partial charge >= 0.3 is 0 Å². The Hall–Kier alpha value is -3.11. The van der Waals surface area contributed by atoms with Gasteiger partial charge in [0.05, 0.1) is 15.2 Å². The Morgan fingerprint density at radius 3 is 2.48 bits per heavy atom. The molecule has 0 unspecified atom stereocenters. The van der Waals surface area contributed by atoms with Crippen LogP contribution in [0.25, 0.3) is 10.8 Å². The van der Waals surface area contributed by atoms with Gasteiger partial charge in [0.2, 0.25) is 10.0 Å². The second-order valence-electron chi connectivity index (χ2n) is 6.63. The van der Waals surface area contributed by atoms with Gasteiger partial charge in [0.25, 0.3) is 5.69 Å². The van der Waals surface area contributed by atoms with Gasteiger partial charge in [-0.25, -0.2) is 12.8 Å². The number of rotatable bonds is 4. The Labute approximate surface area is 166 Å². The molecule has 1 aromatic heterocycles. The van der Waals surface area contributed by atoms with Crippen LogP contribution in [0.4, 0.5) is 15.8 Å². The van der Waals surface area contributed by atoms with Crippen LogP contribution >= 0.6 is 0 Å². The fraction of sp³-hybridized carbons (Fsp3) is 0.211. The summed E-state index contributed by atoms with van der Waals surface area (Å²) in [7, 11) is -3.78. The van der Waals surface area contributed by atoms with Crippen LogP contribution in [0.3, 0.4) is 0 Å². The maximum atomic E-state index is 13.4. The van der Waals surface area contributed by atoms with E-state index in [2.05, 4.69) is 4.98 Å². The molecule has 1 saturated heterocycles. The van der Waals surface area contributed by atoms with Gasteiger partial charge in [-0.15, -0.1) is 0 Å². The summed E-state index contributed by atoms with van der Waals surface area (Å²) in [6.45, 7) is 1.26. The van der Waals surface area contributed by atoms with Crippen molar-refractivity contribution in [3.05, 3.63) is 70.8 Å². The van der Waals surface area contributed by atoms with Crippen LogP contribution in [-0.2, 0) is 10.0 Å². The van der Waals surface area contributed by atoms with Gasteiger partial charge in [0.1, 0.15) is 5.82 Å². The first-order valence-electron chi connectivity index (χ1n) is 8.90. The van der Waals surface area contributed by atoms with Crippen molar-refractivity contribution in [3.63, 3.8) is 0 Å². The lowest BCUT2D eigenvalue weighted by molar-refractivity contribution is -0.383. The smallest absolute Gasteiger partial charge is 0.278 e. The van der Waals surface area contributed by atoms with Crippen LogP contribution in [0, 0.1) is 15.9 Å². The summed E-state index contributed by atoms with van der Waals surface area (Å²) >= 11 is 0. The quantitative estimate of drug-likeness (QED) is 0.479. The number of hydrogen-bond donors (Lipinski definition) is 0. The van der Waals surface area contributed by atoms with Gasteiger partial charge in [0, 0.05) is 55.7 Å². The highest BCUT2D eigenvalue weighted by Crippen LogP contribution is 2.33. The highest BCUT2D eigenvalue weighted by molar-refractivity contribution is 7.89. The molecular weight excluding hydrogens is 399 g/mol. The summed E-state index contributed by atoms with van der Waals surface area (Å²) in [4.78, 5) is 16.7. The predicted molar refractivity (Wildman–Crippen MR) is 106 cm³/mol. The van der Waals surface area contributed by atoms with E-state index in [1.807, 2.05) is 4.90 Å². The minimum absolute atomic E-state index is 0.0239. The van der Waals surface area contributed by atoms with E-state index in [0.29, 0.717) is 23.9 Å². The van der Waals surface area contributed by atoms with Crippen molar-refractivity contribution in [3.8, 4) is 0 Å². The third-order valence-electron chi connectivity index (χ3n) is 4.98. The maximum Gasteiger partial charge on any atom is 0.278 e. The lowest BCUT2D eigenvalue weighted by Crippen LogP contribution is -2.48. The van der Waals surface area contributed by atoms with Crippen LogP contribution < -0.4 is 4.90 Å². The van der Waals surface area contributed by atoms with Crippen LogP contribution in [0.5, 0.6) is 0 Å². The monoisotopic (exact) mass is 416 g/mol. The highest BCUT2D eigenvalue weighted by atomic mass is 32.2. The minimum Gasteiger partial charge on any atom is -0.368 e. The first-order chi connectivity index (χ1) is 13.9. The molecule has 3 aromatic rings. The molecule has 1 aliphatic heterocycles. The second-order valence-corrected chi connectivity index (χ2v) is 8.57. The van der Waals surface area contributed by atoms with E-state index in [1.54, 1.807) is 18.3 Å². The Morgan fingerprint density at radius 1 is 1.03 bits per heavy atom. The topological polar surface area (TPSA) is 96.6 Å². The number of aromatic nitrogens is 1. The summed E-state index contributed by atoms with van der Waals surface area (Å²) in [5.74, 6) is -0.601. The number of nitro groups is 1. The summed E-state index contributed by atoms with van der Waals surface area (Å²) in [6, 6.07) is 9.79. The molecule has 1 fully saturated rings. The number of non-ortho nitro benzene ring substituents is 1. The number of anilines is 1. The Morgan fingerprint density at radius 2 is 1.79 bits per heavy atom. The van der Waals surface area contributed by atoms with Crippen molar-refractivity contribution in [1.82, 2.24) is 9.29 Å². The first-order valence-corrected chi connectivity index (χ1v) is 10.3. The van der Waals surface area contributed by atoms with Crippen molar-refractivity contribution < 1.29 is 17.7 Å². The third-order valence-corrected chi connectivity index (χ3v) is 6.88. The summed E-state index contributed by atoms with van der Waals surface area (Å²) in [5.41, 5.74) is 0.764. The van der Waals surface area contributed by atoms with Gasteiger partial charge in [-0.1, -0.05) is 6.07 Å². The number of nitro benzene ring substituents is 1. The fourth-order valence-corrected chi connectivity index (χ4v) is 4.99. The largest absolute Gasteiger partial charge is 0.368 e. The molecule has 2 heterocycles. The van der Waals surface area contributed by atoms with E-state index in [9.17, 15) is 22.9 Å². The molecule has 0 saturated carbocycles. The second kappa shape index (κ2) is 7.37. The average Bonchev–Trinajstić information content (AvgIpc) is 2.73. The molecule has 29 heavy (non-hydrogen) atoms. The van der Waals surface area contributed by atoms with Gasteiger partial charge in [-0.3, -0.25) is 15.1 Å².